The van der Waals surface area contributed by atoms with Crippen LogP contribution in [-0.4, -0.2) is 72.9 Å². The summed E-state index contributed by atoms with van der Waals surface area (Å²) in [5.74, 6) is 2.06. The Morgan fingerprint density at radius 2 is 2.20 bits per heavy atom. The number of carbonyl (C=O) groups excluding carboxylic acids is 1. The van der Waals surface area contributed by atoms with Gasteiger partial charge < -0.3 is 15.1 Å². The van der Waals surface area contributed by atoms with Gasteiger partial charge in [-0.2, -0.15) is 11.8 Å². The zero-order chi connectivity index (χ0) is 15.0. The van der Waals surface area contributed by atoms with Gasteiger partial charge in [-0.05, 0) is 12.8 Å². The van der Waals surface area contributed by atoms with Crippen LogP contribution < -0.4 is 5.32 Å². The van der Waals surface area contributed by atoms with Gasteiger partial charge in [-0.3, -0.25) is 4.79 Å². The fourth-order valence-electron chi connectivity index (χ4n) is 1.95. The molecule has 1 aliphatic heterocycles. The van der Waals surface area contributed by atoms with Crippen LogP contribution in [0.4, 0.5) is 0 Å². The molecule has 5 nitrogen and oxygen atoms in total. The third-order valence-electron chi connectivity index (χ3n) is 3.29. The second-order valence-corrected chi connectivity index (χ2v) is 6.61. The number of aliphatic imine (C=N–C) groups is 1. The Hall–Kier alpha value is -0.910. The first-order chi connectivity index (χ1) is 9.58. The maximum absolute atomic E-state index is 11.7. The lowest BCUT2D eigenvalue weighted by Crippen LogP contribution is -2.48. The van der Waals surface area contributed by atoms with Crippen LogP contribution in [0.5, 0.6) is 0 Å². The van der Waals surface area contributed by atoms with Crippen LogP contribution in [0.2, 0.25) is 0 Å². The maximum Gasteiger partial charge on any atom is 0.243 e. The van der Waals surface area contributed by atoms with E-state index in [0.29, 0.717) is 5.25 Å². The summed E-state index contributed by atoms with van der Waals surface area (Å²) in [6.07, 6.45) is 2.24. The Labute approximate surface area is 127 Å². The zero-order valence-corrected chi connectivity index (χ0v) is 14.0. The van der Waals surface area contributed by atoms with Crippen molar-refractivity contribution >= 4 is 23.6 Å². The molecule has 0 radical (unpaired) electrons. The molecule has 1 unspecified atom stereocenters. The smallest absolute Gasteiger partial charge is 0.243 e. The highest BCUT2D eigenvalue weighted by molar-refractivity contribution is 8.00. The number of nitrogens with zero attached hydrogens (tertiary/aromatic N) is 3. The monoisotopic (exact) mass is 300 g/mol. The largest absolute Gasteiger partial charge is 0.356 e. The summed E-state index contributed by atoms with van der Waals surface area (Å²) in [6.45, 7) is 7.51. The van der Waals surface area contributed by atoms with Crippen molar-refractivity contribution in [2.24, 2.45) is 4.99 Å². The third kappa shape index (κ3) is 5.61. The topological polar surface area (TPSA) is 47.9 Å². The number of nitrogens with one attached hydrogen (secondary N) is 1. The van der Waals surface area contributed by atoms with Crippen LogP contribution in [0.25, 0.3) is 0 Å². The maximum atomic E-state index is 11.7. The van der Waals surface area contributed by atoms with E-state index >= 15 is 0 Å². The molecule has 1 atom stereocenters. The second-order valence-electron chi connectivity index (χ2n) is 5.20. The van der Waals surface area contributed by atoms with E-state index in [1.54, 1.807) is 19.0 Å². The van der Waals surface area contributed by atoms with E-state index in [2.05, 4.69) is 29.1 Å². The average Bonchev–Trinajstić information content (AvgIpc) is 2.47. The summed E-state index contributed by atoms with van der Waals surface area (Å²) in [6, 6.07) is 0. The number of carbonyl (C=O) groups is 1. The van der Waals surface area contributed by atoms with Gasteiger partial charge in [0.05, 0.1) is 0 Å². The predicted molar refractivity (Wildman–Crippen MR) is 87.4 cm³/mol. The number of thioether (sulfide) groups is 1. The first kappa shape index (κ1) is 17.1. The molecule has 0 spiro atoms. The lowest BCUT2D eigenvalue weighted by molar-refractivity contribution is -0.127. The minimum absolute atomic E-state index is 0.0409. The Kier molecular flexibility index (Phi) is 7.80. The summed E-state index contributed by atoms with van der Waals surface area (Å²) < 4.78 is 0. The quantitative estimate of drug-likeness (QED) is 0.613. The van der Waals surface area contributed by atoms with Gasteiger partial charge in [0, 0.05) is 44.7 Å². The molecule has 1 N–H and O–H groups in total. The normalized spacial score (nSPS) is 19.9. The van der Waals surface area contributed by atoms with Crippen LogP contribution in [0.1, 0.15) is 26.7 Å². The van der Waals surface area contributed by atoms with E-state index in [0.717, 1.165) is 37.8 Å². The molecule has 1 rings (SSSR count). The molecule has 1 saturated heterocycles. The van der Waals surface area contributed by atoms with Gasteiger partial charge in [0.2, 0.25) is 5.91 Å². The van der Waals surface area contributed by atoms with Crippen LogP contribution in [0.15, 0.2) is 4.99 Å². The Morgan fingerprint density at radius 3 is 2.80 bits per heavy atom. The Morgan fingerprint density at radius 1 is 1.45 bits per heavy atom. The molecule has 0 saturated carbocycles. The van der Waals surface area contributed by atoms with Crippen molar-refractivity contribution in [1.29, 1.82) is 0 Å². The van der Waals surface area contributed by atoms with E-state index < -0.39 is 0 Å². The number of rotatable bonds is 5. The van der Waals surface area contributed by atoms with Crippen LogP contribution >= 0.6 is 11.8 Å². The molecule has 20 heavy (non-hydrogen) atoms. The number of guanidine groups is 1. The minimum Gasteiger partial charge on any atom is -0.356 e. The molecule has 0 aromatic heterocycles. The van der Waals surface area contributed by atoms with Gasteiger partial charge >= 0.3 is 0 Å². The van der Waals surface area contributed by atoms with Crippen LogP contribution in [0.3, 0.4) is 0 Å². The van der Waals surface area contributed by atoms with E-state index in [4.69, 9.17) is 0 Å². The number of amides is 1. The minimum atomic E-state index is 0.0409. The SMILES string of the molecule is CCCNC(=NCC(=O)N(C)C)N1CCSC(CC)C1. The lowest BCUT2D eigenvalue weighted by Gasteiger charge is -2.34. The van der Waals surface area contributed by atoms with Gasteiger partial charge in [-0.25, -0.2) is 4.99 Å². The van der Waals surface area contributed by atoms with Gasteiger partial charge in [-0.1, -0.05) is 13.8 Å². The van der Waals surface area contributed by atoms with Crippen molar-refractivity contribution in [2.45, 2.75) is 31.9 Å². The summed E-state index contributed by atoms with van der Waals surface area (Å²) in [5.41, 5.74) is 0. The molecule has 6 heteroatoms. The van der Waals surface area contributed by atoms with Crippen molar-refractivity contribution in [3.05, 3.63) is 0 Å². The highest BCUT2D eigenvalue weighted by atomic mass is 32.2. The number of hydrogen-bond donors (Lipinski definition) is 1. The molecule has 0 aromatic carbocycles. The van der Waals surface area contributed by atoms with Gasteiger partial charge in [0.1, 0.15) is 6.54 Å². The molecule has 1 aliphatic rings. The third-order valence-corrected chi connectivity index (χ3v) is 4.66. The zero-order valence-electron chi connectivity index (χ0n) is 13.2. The van der Waals surface area contributed by atoms with Crippen molar-refractivity contribution in [3.8, 4) is 0 Å². The van der Waals surface area contributed by atoms with Crippen LogP contribution in [0, 0.1) is 0 Å². The fourth-order valence-corrected chi connectivity index (χ4v) is 3.13. The summed E-state index contributed by atoms with van der Waals surface area (Å²) in [7, 11) is 3.53. The van der Waals surface area contributed by atoms with Crippen LogP contribution in [-0.2, 0) is 4.79 Å². The standard InChI is InChI=1S/C14H28N4OS/c1-5-7-15-14(16-10-13(19)17(3)4)18-8-9-20-12(6-2)11-18/h12H,5-11H2,1-4H3,(H,15,16). The molecule has 1 fully saturated rings. The average molecular weight is 300 g/mol. The lowest BCUT2D eigenvalue weighted by atomic mass is 10.3. The van der Waals surface area contributed by atoms with E-state index in [1.165, 1.54) is 6.42 Å². The van der Waals surface area contributed by atoms with E-state index in [9.17, 15) is 4.79 Å². The van der Waals surface area contributed by atoms with Crippen molar-refractivity contribution in [1.82, 2.24) is 15.1 Å². The second kappa shape index (κ2) is 9.10. The van der Waals surface area contributed by atoms with E-state index in [1.807, 2.05) is 11.8 Å². The summed E-state index contributed by atoms with van der Waals surface area (Å²) in [4.78, 5) is 20.1. The van der Waals surface area contributed by atoms with Gasteiger partial charge in [-0.15, -0.1) is 0 Å². The molecule has 0 aromatic rings. The highest BCUT2D eigenvalue weighted by Gasteiger charge is 2.21. The molecular formula is C14H28N4OS. The molecular weight excluding hydrogens is 272 g/mol. The Balaban J connectivity index is 2.66. The molecule has 0 bridgehead atoms. The van der Waals surface area contributed by atoms with Gasteiger partial charge in [0.15, 0.2) is 5.96 Å². The number of likely N-dealkylation sites (N-methyl/N-ethyl adjacent to an activating group) is 1. The van der Waals surface area contributed by atoms with Gasteiger partial charge in [0.25, 0.3) is 0 Å². The predicted octanol–water partition coefficient (Wildman–Crippen LogP) is 1.26. The molecule has 116 valence electrons. The van der Waals surface area contributed by atoms with E-state index in [-0.39, 0.29) is 12.5 Å². The fraction of sp³-hybridized carbons (Fsp3) is 0.857. The van der Waals surface area contributed by atoms with Crippen molar-refractivity contribution in [3.63, 3.8) is 0 Å². The van der Waals surface area contributed by atoms with Crippen molar-refractivity contribution < 1.29 is 4.79 Å². The number of hydrogen-bond acceptors (Lipinski definition) is 3. The molecule has 0 aliphatic carbocycles. The summed E-state index contributed by atoms with van der Waals surface area (Å²) in [5, 5.41) is 4.04. The summed E-state index contributed by atoms with van der Waals surface area (Å²) >= 11 is 2.04. The Bertz CT molecular complexity index is 333. The molecule has 1 heterocycles. The molecule has 1 amide bonds. The first-order valence-corrected chi connectivity index (χ1v) is 8.48. The highest BCUT2D eigenvalue weighted by Crippen LogP contribution is 2.21. The van der Waals surface area contributed by atoms with Crippen molar-refractivity contribution in [2.75, 3.05) is 46.0 Å². The first-order valence-electron chi connectivity index (χ1n) is 7.43.